The van der Waals surface area contributed by atoms with Crippen LogP contribution in [0.5, 0.6) is 5.75 Å². The van der Waals surface area contributed by atoms with Gasteiger partial charge in [0.15, 0.2) is 6.61 Å². The van der Waals surface area contributed by atoms with Gasteiger partial charge >= 0.3 is 0 Å². The number of sulfonamides is 1. The van der Waals surface area contributed by atoms with Gasteiger partial charge in [0.05, 0.1) is 4.90 Å². The average molecular weight is 410 g/mol. The number of hydrogen-bond donors (Lipinski definition) is 2. The smallest absolute Gasteiger partial charge is 0.262 e. The molecule has 0 aliphatic rings. The van der Waals surface area contributed by atoms with E-state index in [1.54, 1.807) is 49.4 Å². The standard InChI is InChI=1S/C22H22N2O4S/c1-16-7-6-8-19(13-16)24-29(26,27)21-14-18(12-11-17(21)2)23-22(25)15-28-20-9-4-3-5-10-20/h3-14,24H,15H2,1-2H3,(H,23,25). The molecule has 3 aromatic rings. The molecule has 0 atom stereocenters. The van der Waals surface area contributed by atoms with Crippen LogP contribution in [-0.4, -0.2) is 20.9 Å². The normalized spacial score (nSPS) is 11.0. The molecule has 0 saturated heterocycles. The van der Waals surface area contributed by atoms with Crippen LogP contribution in [0.1, 0.15) is 11.1 Å². The van der Waals surface area contributed by atoms with Gasteiger partial charge < -0.3 is 10.1 Å². The van der Waals surface area contributed by atoms with Gasteiger partial charge in [-0.25, -0.2) is 8.42 Å². The average Bonchev–Trinajstić information content (AvgIpc) is 2.68. The Bertz CT molecular complexity index is 1110. The lowest BCUT2D eigenvalue weighted by Crippen LogP contribution is -2.21. The maximum atomic E-state index is 12.8. The number of benzene rings is 3. The van der Waals surface area contributed by atoms with Crippen molar-refractivity contribution in [2.45, 2.75) is 18.7 Å². The highest BCUT2D eigenvalue weighted by atomic mass is 32.2. The number of nitrogens with one attached hydrogen (secondary N) is 2. The van der Waals surface area contributed by atoms with Crippen molar-refractivity contribution in [2.75, 3.05) is 16.6 Å². The van der Waals surface area contributed by atoms with Gasteiger partial charge in [-0.2, -0.15) is 0 Å². The molecule has 3 rings (SSSR count). The maximum absolute atomic E-state index is 12.8. The van der Waals surface area contributed by atoms with Gasteiger partial charge in [0.2, 0.25) is 0 Å². The molecule has 0 bridgehead atoms. The molecule has 0 saturated carbocycles. The van der Waals surface area contributed by atoms with E-state index in [0.29, 0.717) is 22.7 Å². The zero-order valence-electron chi connectivity index (χ0n) is 16.2. The zero-order valence-corrected chi connectivity index (χ0v) is 17.0. The third-order valence-corrected chi connectivity index (χ3v) is 5.67. The van der Waals surface area contributed by atoms with Crippen molar-refractivity contribution in [2.24, 2.45) is 0 Å². The Labute approximate surface area is 170 Å². The van der Waals surface area contributed by atoms with Crippen molar-refractivity contribution in [3.8, 4) is 5.75 Å². The van der Waals surface area contributed by atoms with Gasteiger partial charge in [-0.15, -0.1) is 0 Å². The third kappa shape index (κ3) is 5.58. The van der Waals surface area contributed by atoms with E-state index in [2.05, 4.69) is 10.0 Å². The molecule has 0 aliphatic heterocycles. The highest BCUT2D eigenvalue weighted by molar-refractivity contribution is 7.92. The van der Waals surface area contributed by atoms with Crippen molar-refractivity contribution in [1.29, 1.82) is 0 Å². The molecular weight excluding hydrogens is 388 g/mol. The number of para-hydroxylation sites is 1. The lowest BCUT2D eigenvalue weighted by atomic mass is 10.2. The molecule has 3 aromatic carbocycles. The number of carbonyl (C=O) groups excluding carboxylic acids is 1. The number of hydrogen-bond acceptors (Lipinski definition) is 4. The number of carbonyl (C=O) groups is 1. The summed E-state index contributed by atoms with van der Waals surface area (Å²) in [4.78, 5) is 12.3. The van der Waals surface area contributed by atoms with Crippen LogP contribution in [0.25, 0.3) is 0 Å². The van der Waals surface area contributed by atoms with Crippen LogP contribution in [0.4, 0.5) is 11.4 Å². The van der Waals surface area contributed by atoms with E-state index in [9.17, 15) is 13.2 Å². The first-order valence-electron chi connectivity index (χ1n) is 9.01. The second-order valence-corrected chi connectivity index (χ2v) is 8.26. The van der Waals surface area contributed by atoms with Crippen molar-refractivity contribution in [1.82, 2.24) is 0 Å². The second kappa shape index (κ2) is 8.79. The van der Waals surface area contributed by atoms with Crippen LogP contribution in [-0.2, 0) is 14.8 Å². The van der Waals surface area contributed by atoms with E-state index >= 15 is 0 Å². The summed E-state index contributed by atoms with van der Waals surface area (Å²) in [5, 5.41) is 2.67. The molecule has 0 unspecified atom stereocenters. The Morgan fingerprint density at radius 1 is 0.897 bits per heavy atom. The molecule has 0 radical (unpaired) electrons. The number of ether oxygens (including phenoxy) is 1. The highest BCUT2D eigenvalue weighted by Gasteiger charge is 2.18. The lowest BCUT2D eigenvalue weighted by molar-refractivity contribution is -0.118. The van der Waals surface area contributed by atoms with E-state index < -0.39 is 10.0 Å². The Morgan fingerprint density at radius 3 is 2.38 bits per heavy atom. The minimum absolute atomic E-state index is 0.0979. The Balaban J connectivity index is 1.72. The topological polar surface area (TPSA) is 84.5 Å². The summed E-state index contributed by atoms with van der Waals surface area (Å²) >= 11 is 0. The van der Waals surface area contributed by atoms with Crippen molar-refractivity contribution >= 4 is 27.3 Å². The molecule has 2 N–H and O–H groups in total. The SMILES string of the molecule is Cc1cccc(NS(=O)(=O)c2cc(NC(=O)COc3ccccc3)ccc2C)c1. The first-order chi connectivity index (χ1) is 13.8. The minimum Gasteiger partial charge on any atom is -0.484 e. The summed E-state index contributed by atoms with van der Waals surface area (Å²) in [6.07, 6.45) is 0. The third-order valence-electron chi connectivity index (χ3n) is 4.14. The molecule has 0 aromatic heterocycles. The predicted octanol–water partition coefficient (Wildman–Crippen LogP) is 4.12. The van der Waals surface area contributed by atoms with Crippen molar-refractivity contribution < 1.29 is 17.9 Å². The van der Waals surface area contributed by atoms with Crippen LogP contribution >= 0.6 is 0 Å². The fraction of sp³-hybridized carbons (Fsp3) is 0.136. The molecule has 1 amide bonds. The number of rotatable bonds is 7. The molecule has 0 fully saturated rings. The van der Waals surface area contributed by atoms with Gasteiger partial charge in [-0.3, -0.25) is 9.52 Å². The summed E-state index contributed by atoms with van der Waals surface area (Å²) in [6.45, 7) is 3.41. The van der Waals surface area contributed by atoms with Gasteiger partial charge in [-0.05, 0) is 61.4 Å². The summed E-state index contributed by atoms with van der Waals surface area (Å²) < 4.78 is 33.7. The van der Waals surface area contributed by atoms with Gasteiger partial charge in [0.1, 0.15) is 5.75 Å². The quantitative estimate of drug-likeness (QED) is 0.614. The van der Waals surface area contributed by atoms with Gasteiger partial charge in [0.25, 0.3) is 15.9 Å². The molecule has 29 heavy (non-hydrogen) atoms. The molecular formula is C22H22N2O4S. The predicted molar refractivity (Wildman–Crippen MR) is 114 cm³/mol. The minimum atomic E-state index is -3.81. The van der Waals surface area contributed by atoms with E-state index in [4.69, 9.17) is 4.74 Å². The maximum Gasteiger partial charge on any atom is 0.262 e. The second-order valence-electron chi connectivity index (χ2n) is 6.61. The summed E-state index contributed by atoms with van der Waals surface area (Å²) in [6, 6.07) is 20.8. The fourth-order valence-electron chi connectivity index (χ4n) is 2.75. The van der Waals surface area contributed by atoms with E-state index in [-0.39, 0.29) is 17.4 Å². The summed E-state index contributed by atoms with van der Waals surface area (Å²) in [5.41, 5.74) is 2.38. The molecule has 0 spiro atoms. The molecule has 7 heteroatoms. The van der Waals surface area contributed by atoms with Crippen LogP contribution in [0.3, 0.4) is 0 Å². The summed E-state index contributed by atoms with van der Waals surface area (Å²) in [5.74, 6) is 0.199. The van der Waals surface area contributed by atoms with E-state index in [0.717, 1.165) is 5.56 Å². The van der Waals surface area contributed by atoms with E-state index in [1.165, 1.54) is 6.07 Å². The number of amides is 1. The number of anilines is 2. The van der Waals surface area contributed by atoms with Gasteiger partial charge in [-0.1, -0.05) is 36.4 Å². The first-order valence-corrected chi connectivity index (χ1v) is 10.5. The van der Waals surface area contributed by atoms with Gasteiger partial charge in [0, 0.05) is 11.4 Å². The number of aryl methyl sites for hydroxylation is 2. The van der Waals surface area contributed by atoms with E-state index in [1.807, 2.05) is 31.2 Å². The largest absolute Gasteiger partial charge is 0.484 e. The highest BCUT2D eigenvalue weighted by Crippen LogP contribution is 2.23. The van der Waals surface area contributed by atoms with Crippen molar-refractivity contribution in [3.63, 3.8) is 0 Å². The van der Waals surface area contributed by atoms with Crippen LogP contribution in [0.15, 0.2) is 77.7 Å². The molecule has 0 aliphatic carbocycles. The fourth-order valence-corrected chi connectivity index (χ4v) is 4.07. The Morgan fingerprint density at radius 2 is 1.66 bits per heavy atom. The Hall–Kier alpha value is -3.32. The van der Waals surface area contributed by atoms with Crippen molar-refractivity contribution in [3.05, 3.63) is 83.9 Å². The monoisotopic (exact) mass is 410 g/mol. The first kappa shape index (κ1) is 20.4. The molecule has 0 heterocycles. The Kier molecular flexibility index (Phi) is 6.19. The lowest BCUT2D eigenvalue weighted by Gasteiger charge is -2.13. The molecule has 6 nitrogen and oxygen atoms in total. The molecule has 150 valence electrons. The van der Waals surface area contributed by atoms with Crippen LogP contribution < -0.4 is 14.8 Å². The van der Waals surface area contributed by atoms with Crippen LogP contribution in [0, 0.1) is 13.8 Å². The summed E-state index contributed by atoms with van der Waals surface area (Å²) in [7, 11) is -3.81. The zero-order chi connectivity index (χ0) is 20.9. The van der Waals surface area contributed by atoms with Crippen LogP contribution in [0.2, 0.25) is 0 Å².